The second-order valence-electron chi connectivity index (χ2n) is 5.46. The van der Waals surface area contributed by atoms with E-state index < -0.39 is 23.9 Å². The summed E-state index contributed by atoms with van der Waals surface area (Å²) >= 11 is 0. The van der Waals surface area contributed by atoms with Crippen LogP contribution in [-0.4, -0.2) is 34.2 Å². The van der Waals surface area contributed by atoms with Gasteiger partial charge in [0.1, 0.15) is 0 Å². The molecular weight excluding hydrogens is 246 g/mol. The van der Waals surface area contributed by atoms with Crippen LogP contribution in [0, 0.1) is 11.8 Å². The third-order valence-corrected chi connectivity index (χ3v) is 4.14. The number of aliphatic hydroxyl groups is 1. The van der Waals surface area contributed by atoms with Gasteiger partial charge in [-0.15, -0.1) is 0 Å². The van der Waals surface area contributed by atoms with Crippen molar-refractivity contribution in [3.05, 3.63) is 12.2 Å². The summed E-state index contributed by atoms with van der Waals surface area (Å²) in [7, 11) is 0. The third-order valence-electron chi connectivity index (χ3n) is 4.14. The highest BCUT2D eigenvalue weighted by Gasteiger charge is 2.35. The second kappa shape index (κ2) is 6.19. The molecule has 106 valence electrons. The topological polar surface area (TPSA) is 86.6 Å². The Balaban J connectivity index is 1.97. The number of carboxylic acid groups (broad SMARTS) is 1. The Hall–Kier alpha value is -1.36. The molecule has 0 heterocycles. The average Bonchev–Trinajstić information content (AvgIpc) is 2.41. The molecule has 4 atom stereocenters. The van der Waals surface area contributed by atoms with Gasteiger partial charge in [0.25, 0.3) is 0 Å². The first-order valence-electron chi connectivity index (χ1n) is 6.96. The summed E-state index contributed by atoms with van der Waals surface area (Å²) in [5, 5.41) is 21.8. The van der Waals surface area contributed by atoms with Gasteiger partial charge in [-0.3, -0.25) is 9.59 Å². The molecule has 0 aromatic heterocycles. The lowest BCUT2D eigenvalue weighted by atomic mass is 9.82. The first-order valence-corrected chi connectivity index (χ1v) is 6.96. The highest BCUT2D eigenvalue weighted by atomic mass is 16.4. The largest absolute Gasteiger partial charge is 0.481 e. The summed E-state index contributed by atoms with van der Waals surface area (Å²) in [6, 6.07) is -0.221. The van der Waals surface area contributed by atoms with E-state index in [2.05, 4.69) is 5.32 Å². The van der Waals surface area contributed by atoms with Crippen LogP contribution in [0.15, 0.2) is 12.2 Å². The molecule has 1 amide bonds. The molecule has 0 saturated heterocycles. The Morgan fingerprint density at radius 2 is 1.68 bits per heavy atom. The molecule has 0 aromatic carbocycles. The number of rotatable bonds is 3. The van der Waals surface area contributed by atoms with E-state index in [4.69, 9.17) is 5.11 Å². The van der Waals surface area contributed by atoms with Crippen LogP contribution < -0.4 is 5.32 Å². The van der Waals surface area contributed by atoms with E-state index in [1.165, 1.54) is 0 Å². The molecule has 2 rings (SSSR count). The van der Waals surface area contributed by atoms with E-state index >= 15 is 0 Å². The quantitative estimate of drug-likeness (QED) is 0.668. The molecule has 5 nitrogen and oxygen atoms in total. The van der Waals surface area contributed by atoms with Crippen LogP contribution in [0.1, 0.15) is 38.5 Å². The minimum atomic E-state index is -0.923. The summed E-state index contributed by atoms with van der Waals surface area (Å²) < 4.78 is 0. The number of allylic oxidation sites excluding steroid dienone is 2. The Kier molecular flexibility index (Phi) is 4.58. The van der Waals surface area contributed by atoms with Crippen molar-refractivity contribution in [1.82, 2.24) is 5.32 Å². The van der Waals surface area contributed by atoms with Gasteiger partial charge in [0, 0.05) is 0 Å². The first-order chi connectivity index (χ1) is 9.09. The Labute approximate surface area is 112 Å². The number of nitrogens with one attached hydrogen (secondary N) is 1. The van der Waals surface area contributed by atoms with Crippen molar-refractivity contribution in [2.45, 2.75) is 50.7 Å². The zero-order valence-electron chi connectivity index (χ0n) is 10.9. The monoisotopic (exact) mass is 267 g/mol. The summed E-state index contributed by atoms with van der Waals surface area (Å²) in [6.07, 6.45) is 7.50. The molecule has 2 aliphatic rings. The third kappa shape index (κ3) is 3.35. The number of carbonyl (C=O) groups excluding carboxylic acids is 1. The molecule has 0 aromatic rings. The van der Waals surface area contributed by atoms with Gasteiger partial charge in [-0.2, -0.15) is 0 Å². The van der Waals surface area contributed by atoms with Gasteiger partial charge in [0.15, 0.2) is 0 Å². The lowest BCUT2D eigenvalue weighted by molar-refractivity contribution is -0.147. The summed E-state index contributed by atoms with van der Waals surface area (Å²) in [6.45, 7) is 0. The van der Waals surface area contributed by atoms with Crippen molar-refractivity contribution in [3.8, 4) is 0 Å². The smallest absolute Gasteiger partial charge is 0.307 e. The molecule has 1 fully saturated rings. The lowest BCUT2D eigenvalue weighted by Gasteiger charge is -2.31. The summed E-state index contributed by atoms with van der Waals surface area (Å²) in [4.78, 5) is 23.4. The van der Waals surface area contributed by atoms with Gasteiger partial charge in [0.05, 0.1) is 24.0 Å². The van der Waals surface area contributed by atoms with Crippen molar-refractivity contribution in [1.29, 1.82) is 0 Å². The van der Waals surface area contributed by atoms with Crippen LogP contribution in [0.3, 0.4) is 0 Å². The van der Waals surface area contributed by atoms with E-state index in [9.17, 15) is 14.7 Å². The second-order valence-corrected chi connectivity index (χ2v) is 5.46. The average molecular weight is 267 g/mol. The fourth-order valence-corrected chi connectivity index (χ4v) is 2.95. The number of aliphatic hydroxyl groups excluding tert-OH is 1. The number of aliphatic carboxylic acids is 1. The van der Waals surface area contributed by atoms with Gasteiger partial charge in [-0.1, -0.05) is 25.0 Å². The Bertz CT molecular complexity index is 380. The van der Waals surface area contributed by atoms with Gasteiger partial charge in [0.2, 0.25) is 5.91 Å². The molecule has 2 aliphatic carbocycles. The van der Waals surface area contributed by atoms with Crippen LogP contribution in [0.5, 0.6) is 0 Å². The number of hydrogen-bond donors (Lipinski definition) is 3. The van der Waals surface area contributed by atoms with Crippen molar-refractivity contribution in [2.24, 2.45) is 11.8 Å². The molecule has 0 aliphatic heterocycles. The van der Waals surface area contributed by atoms with Gasteiger partial charge in [-0.25, -0.2) is 0 Å². The van der Waals surface area contributed by atoms with Crippen LogP contribution in [0.25, 0.3) is 0 Å². The standard InChI is InChI=1S/C14H21NO4/c16-12-8-4-3-7-11(12)15-13(17)9-5-1-2-6-10(9)14(18)19/h1-2,9-12,16H,3-8H2,(H,15,17)(H,18,19). The van der Waals surface area contributed by atoms with Crippen molar-refractivity contribution in [2.75, 3.05) is 0 Å². The lowest BCUT2D eigenvalue weighted by Crippen LogP contribution is -2.49. The van der Waals surface area contributed by atoms with E-state index in [0.29, 0.717) is 19.3 Å². The molecule has 1 saturated carbocycles. The summed E-state index contributed by atoms with van der Waals surface area (Å²) in [5.41, 5.74) is 0. The highest BCUT2D eigenvalue weighted by Crippen LogP contribution is 2.27. The molecule has 0 radical (unpaired) electrons. The molecule has 0 bridgehead atoms. The Morgan fingerprint density at radius 3 is 2.32 bits per heavy atom. The maximum Gasteiger partial charge on any atom is 0.307 e. The maximum atomic E-state index is 12.2. The zero-order valence-corrected chi connectivity index (χ0v) is 10.9. The SMILES string of the molecule is O=C(O)C1CC=CCC1C(=O)NC1CCCCC1O. The highest BCUT2D eigenvalue weighted by molar-refractivity contribution is 5.85. The van der Waals surface area contributed by atoms with Crippen LogP contribution in [0.4, 0.5) is 0 Å². The van der Waals surface area contributed by atoms with Gasteiger partial charge >= 0.3 is 5.97 Å². The zero-order chi connectivity index (χ0) is 13.8. The molecule has 3 N–H and O–H groups in total. The maximum absolute atomic E-state index is 12.2. The molecule has 4 unspecified atom stereocenters. The molecule has 0 spiro atoms. The van der Waals surface area contributed by atoms with E-state index in [1.807, 2.05) is 12.2 Å². The summed E-state index contributed by atoms with van der Waals surface area (Å²) in [5.74, 6) is -2.32. The van der Waals surface area contributed by atoms with E-state index in [-0.39, 0.29) is 11.9 Å². The van der Waals surface area contributed by atoms with Crippen molar-refractivity contribution >= 4 is 11.9 Å². The van der Waals surface area contributed by atoms with E-state index in [0.717, 1.165) is 19.3 Å². The van der Waals surface area contributed by atoms with Gasteiger partial charge in [-0.05, 0) is 25.7 Å². The first kappa shape index (κ1) is 14.1. The van der Waals surface area contributed by atoms with E-state index in [1.54, 1.807) is 0 Å². The number of amides is 1. The van der Waals surface area contributed by atoms with Gasteiger partial charge < -0.3 is 15.5 Å². The van der Waals surface area contributed by atoms with Crippen molar-refractivity contribution in [3.63, 3.8) is 0 Å². The number of carbonyl (C=O) groups is 2. The molecule has 19 heavy (non-hydrogen) atoms. The van der Waals surface area contributed by atoms with Crippen molar-refractivity contribution < 1.29 is 19.8 Å². The Morgan fingerprint density at radius 1 is 1.05 bits per heavy atom. The number of hydrogen-bond acceptors (Lipinski definition) is 3. The number of carboxylic acids is 1. The minimum Gasteiger partial charge on any atom is -0.481 e. The predicted octanol–water partition coefficient (Wildman–Crippen LogP) is 1.07. The van der Waals surface area contributed by atoms with Crippen LogP contribution >= 0.6 is 0 Å². The molecular formula is C14H21NO4. The predicted molar refractivity (Wildman–Crippen MR) is 69.4 cm³/mol. The van der Waals surface area contributed by atoms with Crippen LogP contribution in [-0.2, 0) is 9.59 Å². The fourth-order valence-electron chi connectivity index (χ4n) is 2.95. The normalized spacial score (nSPS) is 34.8. The minimum absolute atomic E-state index is 0.221. The fraction of sp³-hybridized carbons (Fsp3) is 0.714. The van der Waals surface area contributed by atoms with Crippen LogP contribution in [0.2, 0.25) is 0 Å². The molecule has 5 heteroatoms.